The van der Waals surface area contributed by atoms with Crippen LogP contribution in [0.5, 0.6) is 0 Å². The number of aliphatic hydroxyl groups excluding tert-OH is 1. The number of nitrogens with zero attached hydrogens (tertiary/aromatic N) is 3. The van der Waals surface area contributed by atoms with Crippen LogP contribution in [0.15, 0.2) is 40.4 Å². The van der Waals surface area contributed by atoms with Crippen molar-refractivity contribution < 1.29 is 37.9 Å². The molecule has 3 atom stereocenters. The zero-order valence-corrected chi connectivity index (χ0v) is 25.8. The van der Waals surface area contributed by atoms with Crippen LogP contribution in [0.2, 0.25) is 0 Å². The van der Waals surface area contributed by atoms with Crippen LogP contribution in [0.25, 0.3) is 0 Å². The highest BCUT2D eigenvalue weighted by molar-refractivity contribution is 5.98. The molecule has 0 unspecified atom stereocenters. The van der Waals surface area contributed by atoms with Crippen LogP contribution < -0.4 is 10.6 Å². The SMILES string of the molecule is Cc1ccc(CNC(=O)[C@H](COCCN(C)C(=O)C(C#N)=CC(C)C)CC(=O)[C@@H](NC(=O)c2cc(C)on2)[C@@H](C)O)c(F)c1. The molecule has 1 aromatic carbocycles. The number of amides is 3. The van der Waals surface area contributed by atoms with Crippen molar-refractivity contribution in [1.82, 2.24) is 20.7 Å². The van der Waals surface area contributed by atoms with Crippen LogP contribution in [-0.2, 0) is 25.7 Å². The fraction of sp³-hybridized carbons (Fsp3) is 0.484. The van der Waals surface area contributed by atoms with E-state index >= 15 is 0 Å². The Hall–Kier alpha value is -4.41. The summed E-state index contributed by atoms with van der Waals surface area (Å²) in [5.41, 5.74) is 0.877. The van der Waals surface area contributed by atoms with Crippen LogP contribution in [0.1, 0.15) is 54.6 Å². The molecule has 0 radical (unpaired) electrons. The van der Waals surface area contributed by atoms with Crippen molar-refractivity contribution >= 4 is 23.5 Å². The summed E-state index contributed by atoms with van der Waals surface area (Å²) in [6, 6.07) is 6.47. The highest BCUT2D eigenvalue weighted by Gasteiger charge is 2.31. The smallest absolute Gasteiger partial charge is 0.274 e. The minimum Gasteiger partial charge on any atom is -0.391 e. The van der Waals surface area contributed by atoms with Gasteiger partial charge in [0.05, 0.1) is 25.2 Å². The third kappa shape index (κ3) is 11.0. The molecule has 0 spiro atoms. The maximum absolute atomic E-state index is 14.3. The molecule has 3 amide bonds. The van der Waals surface area contributed by atoms with Gasteiger partial charge < -0.3 is 29.9 Å². The molecular formula is C31H40FN5O7. The highest BCUT2D eigenvalue weighted by Crippen LogP contribution is 2.14. The maximum atomic E-state index is 14.3. The summed E-state index contributed by atoms with van der Waals surface area (Å²) in [5.74, 6) is -3.69. The Morgan fingerprint density at radius 2 is 1.91 bits per heavy atom. The lowest BCUT2D eigenvalue weighted by Crippen LogP contribution is -2.49. The van der Waals surface area contributed by atoms with Crippen LogP contribution in [0.4, 0.5) is 4.39 Å². The molecule has 12 nitrogen and oxygen atoms in total. The Labute approximate surface area is 256 Å². The summed E-state index contributed by atoms with van der Waals surface area (Å²) in [5, 5.41) is 28.2. The molecule has 0 saturated heterocycles. The first-order valence-electron chi connectivity index (χ1n) is 14.2. The van der Waals surface area contributed by atoms with Crippen molar-refractivity contribution in [3.63, 3.8) is 0 Å². The highest BCUT2D eigenvalue weighted by atomic mass is 19.1. The largest absolute Gasteiger partial charge is 0.391 e. The van der Waals surface area contributed by atoms with Crippen molar-refractivity contribution in [2.24, 2.45) is 11.8 Å². The summed E-state index contributed by atoms with van der Waals surface area (Å²) in [6.45, 7) is 8.00. The number of aromatic nitrogens is 1. The van der Waals surface area contributed by atoms with Gasteiger partial charge in [0.25, 0.3) is 11.8 Å². The van der Waals surface area contributed by atoms with Crippen LogP contribution >= 0.6 is 0 Å². The third-order valence-electron chi connectivity index (χ3n) is 6.54. The number of ketones is 1. The van der Waals surface area contributed by atoms with Gasteiger partial charge in [0.2, 0.25) is 5.91 Å². The maximum Gasteiger partial charge on any atom is 0.274 e. The molecule has 1 heterocycles. The number of hydrogen-bond acceptors (Lipinski definition) is 9. The number of rotatable bonds is 16. The van der Waals surface area contributed by atoms with Crippen molar-refractivity contribution in [3.05, 3.63) is 64.3 Å². The minimum atomic E-state index is -1.37. The fourth-order valence-electron chi connectivity index (χ4n) is 4.10. The molecule has 0 aliphatic carbocycles. The lowest BCUT2D eigenvalue weighted by Gasteiger charge is -2.23. The molecule has 1 aromatic heterocycles. The number of nitriles is 1. The summed E-state index contributed by atoms with van der Waals surface area (Å²) >= 11 is 0. The molecule has 2 aromatic rings. The topological polar surface area (TPSA) is 175 Å². The molecule has 0 bridgehead atoms. The zero-order valence-electron chi connectivity index (χ0n) is 25.8. The molecular weight excluding hydrogens is 573 g/mol. The summed E-state index contributed by atoms with van der Waals surface area (Å²) in [7, 11) is 1.51. The molecule has 0 saturated carbocycles. The van der Waals surface area contributed by atoms with Crippen molar-refractivity contribution in [1.29, 1.82) is 5.26 Å². The van der Waals surface area contributed by atoms with E-state index in [0.29, 0.717) is 11.3 Å². The van der Waals surface area contributed by atoms with E-state index in [1.807, 2.05) is 19.9 Å². The lowest BCUT2D eigenvalue weighted by molar-refractivity contribution is -0.133. The quantitative estimate of drug-likeness (QED) is 0.146. The minimum absolute atomic E-state index is 0.000632. The third-order valence-corrected chi connectivity index (χ3v) is 6.54. The van der Waals surface area contributed by atoms with E-state index in [2.05, 4.69) is 15.8 Å². The standard InChI is InChI=1S/C31H40FN5O7/c1-18(2)11-23(15-33)31(42)37(6)9-10-43-17-24(29(40)34-16-22-8-7-19(3)12-25(22)32)14-27(39)28(21(5)38)35-30(41)26-13-20(4)44-36-26/h7-8,11-13,18,21,24,28,38H,9-10,14,16-17H2,1-6H3,(H,34,40)(H,35,41)/t21-,24+,28+/m1/s1. The zero-order chi connectivity index (χ0) is 33.0. The van der Waals surface area contributed by atoms with E-state index in [0.717, 1.165) is 0 Å². The first kappa shape index (κ1) is 35.8. The first-order chi connectivity index (χ1) is 20.7. The average molecular weight is 614 g/mol. The van der Waals surface area contributed by atoms with Gasteiger partial charge in [-0.1, -0.05) is 37.2 Å². The van der Waals surface area contributed by atoms with Crippen molar-refractivity contribution in [2.75, 3.05) is 26.8 Å². The number of carbonyl (C=O) groups is 4. The number of nitrogens with one attached hydrogen (secondary N) is 2. The second-order valence-corrected chi connectivity index (χ2v) is 10.9. The van der Waals surface area contributed by atoms with E-state index in [1.54, 1.807) is 32.1 Å². The molecule has 0 aliphatic heterocycles. The number of carbonyl (C=O) groups excluding carboxylic acids is 4. The van der Waals surface area contributed by atoms with Gasteiger partial charge >= 0.3 is 0 Å². The van der Waals surface area contributed by atoms with Gasteiger partial charge in [0.15, 0.2) is 11.5 Å². The fourth-order valence-corrected chi connectivity index (χ4v) is 4.10. The molecule has 0 fully saturated rings. The predicted octanol–water partition coefficient (Wildman–Crippen LogP) is 2.38. The predicted molar refractivity (Wildman–Crippen MR) is 157 cm³/mol. The summed E-state index contributed by atoms with van der Waals surface area (Å²) in [4.78, 5) is 52.9. The number of aliphatic hydroxyl groups is 1. The van der Waals surface area contributed by atoms with Crippen LogP contribution in [-0.4, -0.2) is 77.6 Å². The van der Waals surface area contributed by atoms with Gasteiger partial charge in [-0.3, -0.25) is 19.2 Å². The van der Waals surface area contributed by atoms with Gasteiger partial charge in [-0.05, 0) is 38.3 Å². The van der Waals surface area contributed by atoms with Gasteiger partial charge in [-0.15, -0.1) is 0 Å². The molecule has 2 rings (SSSR count). The number of hydrogen-bond donors (Lipinski definition) is 3. The molecule has 44 heavy (non-hydrogen) atoms. The van der Waals surface area contributed by atoms with E-state index < -0.39 is 53.8 Å². The van der Waals surface area contributed by atoms with Crippen molar-refractivity contribution in [2.45, 2.75) is 59.7 Å². The second-order valence-electron chi connectivity index (χ2n) is 10.9. The summed E-state index contributed by atoms with van der Waals surface area (Å²) in [6.07, 6.45) is -0.178. The molecule has 0 aliphatic rings. The van der Waals surface area contributed by atoms with E-state index in [-0.39, 0.29) is 49.1 Å². The Kier molecular flexibility index (Phi) is 13.8. The Morgan fingerprint density at radius 1 is 1.20 bits per heavy atom. The van der Waals surface area contributed by atoms with Crippen LogP contribution in [0.3, 0.4) is 0 Å². The van der Waals surface area contributed by atoms with Gasteiger partial charge in [-0.25, -0.2) is 4.39 Å². The van der Waals surface area contributed by atoms with Gasteiger partial charge in [0, 0.05) is 38.2 Å². The van der Waals surface area contributed by atoms with Gasteiger partial charge in [0.1, 0.15) is 29.3 Å². The van der Waals surface area contributed by atoms with Crippen LogP contribution in [0, 0.1) is 42.8 Å². The number of allylic oxidation sites excluding steroid dienone is 1. The number of ether oxygens (including phenoxy) is 1. The molecule has 13 heteroatoms. The number of likely N-dealkylation sites (N-methyl/N-ethyl adjacent to an activating group) is 1. The number of Topliss-reactive ketones (excluding diaryl/α,β-unsaturated/α-hetero) is 1. The number of aryl methyl sites for hydroxylation is 2. The van der Waals surface area contributed by atoms with E-state index in [1.165, 1.54) is 31.0 Å². The Morgan fingerprint density at radius 3 is 2.48 bits per heavy atom. The monoisotopic (exact) mass is 613 g/mol. The Bertz CT molecular complexity index is 1400. The second kappa shape index (κ2) is 17.0. The van der Waals surface area contributed by atoms with Gasteiger partial charge in [-0.2, -0.15) is 5.26 Å². The lowest BCUT2D eigenvalue weighted by atomic mass is 9.95. The molecule has 238 valence electrons. The Balaban J connectivity index is 2.12. The first-order valence-corrected chi connectivity index (χ1v) is 14.2. The number of benzene rings is 1. The number of halogens is 1. The average Bonchev–Trinajstić information content (AvgIpc) is 3.40. The van der Waals surface area contributed by atoms with E-state index in [4.69, 9.17) is 9.26 Å². The molecule has 3 N–H and O–H groups in total. The normalized spacial score (nSPS) is 13.5. The van der Waals surface area contributed by atoms with Crippen molar-refractivity contribution in [3.8, 4) is 6.07 Å². The summed E-state index contributed by atoms with van der Waals surface area (Å²) < 4.78 is 24.9. The van der Waals surface area contributed by atoms with E-state index in [9.17, 15) is 33.9 Å².